The van der Waals surface area contributed by atoms with Crippen molar-refractivity contribution in [3.8, 4) is 17.4 Å². The number of benzene rings is 2. The van der Waals surface area contributed by atoms with Gasteiger partial charge in [-0.2, -0.15) is 4.98 Å². The Hall–Kier alpha value is -3.22. The molecular formula is C35H50N4O6Si. The van der Waals surface area contributed by atoms with Crippen LogP contribution in [0.1, 0.15) is 64.3 Å². The second kappa shape index (κ2) is 13.1. The molecule has 0 unspecified atom stereocenters. The second-order valence-electron chi connectivity index (χ2n) is 14.3. The lowest BCUT2D eigenvalue weighted by atomic mass is 9.89. The molecule has 0 spiro atoms. The van der Waals surface area contributed by atoms with Gasteiger partial charge < -0.3 is 33.4 Å². The van der Waals surface area contributed by atoms with Crippen LogP contribution in [-0.2, 0) is 27.1 Å². The summed E-state index contributed by atoms with van der Waals surface area (Å²) >= 11 is 0. The molecule has 2 aliphatic rings. The van der Waals surface area contributed by atoms with Crippen LogP contribution >= 0.6 is 0 Å². The van der Waals surface area contributed by atoms with E-state index in [1.807, 2.05) is 68.6 Å². The van der Waals surface area contributed by atoms with E-state index in [0.29, 0.717) is 31.6 Å². The SMILES string of the molecule is COc1ccc(CNc2ncc([C@@H]3N[C@H](CO[Si](C)(C)C(C)(C)C)[C@H]4OC(C)(C)O[C@]43C)c(OCc3ccc(OC)cc3)n2)cc1. The zero-order valence-corrected chi connectivity index (χ0v) is 29.9. The summed E-state index contributed by atoms with van der Waals surface area (Å²) in [5.41, 5.74) is 2.14. The number of anilines is 1. The number of methoxy groups -OCH3 is 2. The van der Waals surface area contributed by atoms with Gasteiger partial charge in [-0.15, -0.1) is 0 Å². The summed E-state index contributed by atoms with van der Waals surface area (Å²) in [5, 5.41) is 7.23. The summed E-state index contributed by atoms with van der Waals surface area (Å²) in [6.07, 6.45) is 1.58. The molecule has 2 aliphatic heterocycles. The maximum atomic E-state index is 6.70. The van der Waals surface area contributed by atoms with Gasteiger partial charge in [-0.05, 0) is 74.3 Å². The van der Waals surface area contributed by atoms with Crippen molar-refractivity contribution in [1.82, 2.24) is 15.3 Å². The molecule has 4 atom stereocenters. The van der Waals surface area contributed by atoms with E-state index >= 15 is 0 Å². The highest BCUT2D eigenvalue weighted by molar-refractivity contribution is 6.74. The number of rotatable bonds is 12. The van der Waals surface area contributed by atoms with E-state index in [2.05, 4.69) is 51.4 Å². The number of aromatic nitrogens is 2. The maximum Gasteiger partial charge on any atom is 0.226 e. The predicted octanol–water partition coefficient (Wildman–Crippen LogP) is 6.63. The lowest BCUT2D eigenvalue weighted by Crippen LogP contribution is -2.47. The smallest absolute Gasteiger partial charge is 0.226 e. The Balaban J connectivity index is 1.44. The third-order valence-corrected chi connectivity index (χ3v) is 13.9. The molecule has 2 saturated heterocycles. The molecule has 10 nitrogen and oxygen atoms in total. The first kappa shape index (κ1) is 34.1. The monoisotopic (exact) mass is 650 g/mol. The number of hydrogen-bond acceptors (Lipinski definition) is 10. The molecule has 0 amide bonds. The lowest BCUT2D eigenvalue weighted by molar-refractivity contribution is -0.172. The van der Waals surface area contributed by atoms with E-state index in [1.165, 1.54) is 0 Å². The first-order valence-corrected chi connectivity index (χ1v) is 18.8. The van der Waals surface area contributed by atoms with Gasteiger partial charge in [-0.1, -0.05) is 45.0 Å². The van der Waals surface area contributed by atoms with Crippen molar-refractivity contribution in [1.29, 1.82) is 0 Å². The Morgan fingerprint density at radius 1 is 0.935 bits per heavy atom. The lowest BCUT2D eigenvalue weighted by Gasteiger charge is -2.37. The van der Waals surface area contributed by atoms with E-state index in [4.69, 9.17) is 38.1 Å². The van der Waals surface area contributed by atoms with Crippen molar-refractivity contribution < 1.29 is 28.1 Å². The van der Waals surface area contributed by atoms with Gasteiger partial charge in [0.05, 0.1) is 38.5 Å². The zero-order chi connectivity index (χ0) is 33.3. The fraction of sp³-hybridized carbons (Fsp3) is 0.543. The molecule has 0 saturated carbocycles. The molecule has 1 aromatic heterocycles. The molecule has 46 heavy (non-hydrogen) atoms. The molecule has 250 valence electrons. The van der Waals surface area contributed by atoms with Crippen molar-refractivity contribution >= 4 is 14.3 Å². The minimum atomic E-state index is -2.01. The van der Waals surface area contributed by atoms with Crippen LogP contribution in [0.25, 0.3) is 0 Å². The molecule has 2 N–H and O–H groups in total. The van der Waals surface area contributed by atoms with E-state index < -0.39 is 19.7 Å². The average molecular weight is 651 g/mol. The summed E-state index contributed by atoms with van der Waals surface area (Å²) < 4.78 is 37.0. The number of nitrogens with one attached hydrogen (secondary N) is 2. The molecule has 3 heterocycles. The van der Waals surface area contributed by atoms with Gasteiger partial charge in [-0.25, -0.2) is 4.98 Å². The normalized spacial score (nSPS) is 24.0. The zero-order valence-electron chi connectivity index (χ0n) is 28.9. The summed E-state index contributed by atoms with van der Waals surface area (Å²) in [7, 11) is 1.31. The van der Waals surface area contributed by atoms with Gasteiger partial charge in [0.15, 0.2) is 14.1 Å². The molecule has 2 fully saturated rings. The summed E-state index contributed by atoms with van der Waals surface area (Å²) in [6.45, 7) is 18.7. The first-order chi connectivity index (χ1) is 21.6. The topological polar surface area (TPSA) is 105 Å². The molecule has 5 rings (SSSR count). The summed E-state index contributed by atoms with van der Waals surface area (Å²) in [5.74, 6) is 1.77. The largest absolute Gasteiger partial charge is 0.497 e. The van der Waals surface area contributed by atoms with E-state index in [1.54, 1.807) is 14.2 Å². The fourth-order valence-corrected chi connectivity index (χ4v) is 6.86. The van der Waals surface area contributed by atoms with E-state index in [0.717, 1.165) is 28.2 Å². The van der Waals surface area contributed by atoms with Crippen LogP contribution in [0.3, 0.4) is 0 Å². The summed E-state index contributed by atoms with van der Waals surface area (Å²) in [6, 6.07) is 15.3. The van der Waals surface area contributed by atoms with Gasteiger partial charge in [-0.3, -0.25) is 5.32 Å². The first-order valence-electron chi connectivity index (χ1n) is 15.9. The van der Waals surface area contributed by atoms with Crippen LogP contribution in [-0.4, -0.2) is 62.6 Å². The highest BCUT2D eigenvalue weighted by atomic mass is 28.4. The van der Waals surface area contributed by atoms with Crippen LogP contribution in [0.5, 0.6) is 17.4 Å². The average Bonchev–Trinajstić information content (AvgIpc) is 3.42. The third-order valence-electron chi connectivity index (χ3n) is 9.43. The number of ether oxygens (including phenoxy) is 5. The van der Waals surface area contributed by atoms with Crippen molar-refractivity contribution in [2.24, 2.45) is 0 Å². The molecular weight excluding hydrogens is 600 g/mol. The molecule has 3 aromatic rings. The molecule has 2 aromatic carbocycles. The Morgan fingerprint density at radius 2 is 1.54 bits per heavy atom. The maximum absolute atomic E-state index is 6.70. The van der Waals surface area contributed by atoms with Crippen molar-refractivity contribution in [3.63, 3.8) is 0 Å². The van der Waals surface area contributed by atoms with Crippen LogP contribution in [0.4, 0.5) is 5.95 Å². The van der Waals surface area contributed by atoms with E-state index in [9.17, 15) is 0 Å². The van der Waals surface area contributed by atoms with Crippen LogP contribution in [0.2, 0.25) is 18.1 Å². The van der Waals surface area contributed by atoms with Crippen LogP contribution in [0.15, 0.2) is 54.7 Å². The van der Waals surface area contributed by atoms with Crippen molar-refractivity contribution in [3.05, 3.63) is 71.4 Å². The Morgan fingerprint density at radius 3 is 2.13 bits per heavy atom. The predicted molar refractivity (Wildman–Crippen MR) is 181 cm³/mol. The Bertz CT molecular complexity index is 1480. The molecule has 11 heteroatoms. The summed E-state index contributed by atoms with van der Waals surface area (Å²) in [4.78, 5) is 9.61. The molecule has 0 radical (unpaired) electrons. The Kier molecular flexibility index (Phi) is 9.73. The quantitative estimate of drug-likeness (QED) is 0.208. The highest BCUT2D eigenvalue weighted by Gasteiger charge is 2.63. The third kappa shape index (κ3) is 7.34. The highest BCUT2D eigenvalue weighted by Crippen LogP contribution is 2.51. The molecule has 0 aliphatic carbocycles. The van der Waals surface area contributed by atoms with Gasteiger partial charge in [0.2, 0.25) is 11.8 Å². The van der Waals surface area contributed by atoms with Crippen LogP contribution < -0.4 is 24.8 Å². The fourth-order valence-electron chi connectivity index (χ4n) is 5.83. The van der Waals surface area contributed by atoms with Crippen molar-refractivity contribution in [2.75, 3.05) is 26.1 Å². The van der Waals surface area contributed by atoms with Gasteiger partial charge >= 0.3 is 0 Å². The van der Waals surface area contributed by atoms with E-state index in [-0.39, 0.29) is 23.2 Å². The van der Waals surface area contributed by atoms with Gasteiger partial charge in [0, 0.05) is 12.7 Å². The number of fused-ring (bicyclic) bond motifs is 1. The van der Waals surface area contributed by atoms with Gasteiger partial charge in [0.25, 0.3) is 0 Å². The Labute approximate surface area is 274 Å². The standard InChI is InChI=1S/C35H50N4O6Si/c1-33(2,3)46(9,10)43-22-28-30-35(6,45-34(4,5)44-30)29(38-28)27-20-37-32(36-19-23-11-15-25(40-7)16-12-23)39-31(27)42-21-24-13-17-26(41-8)18-14-24/h11-18,20,28-30,38H,19,21-22H2,1-10H3,(H,36,37,39)/t28-,29+,30-,35+/m1/s1. The van der Waals surface area contributed by atoms with Crippen LogP contribution in [0, 0.1) is 0 Å². The minimum Gasteiger partial charge on any atom is -0.497 e. The van der Waals surface area contributed by atoms with Crippen molar-refractivity contribution in [2.45, 2.75) is 102 Å². The number of hydrogen-bond donors (Lipinski definition) is 2. The number of nitrogens with zero attached hydrogens (tertiary/aromatic N) is 2. The second-order valence-corrected chi connectivity index (χ2v) is 19.1. The molecule has 0 bridgehead atoms. The minimum absolute atomic E-state index is 0.0889. The van der Waals surface area contributed by atoms with Gasteiger partial charge in [0.1, 0.15) is 29.8 Å².